The van der Waals surface area contributed by atoms with Gasteiger partial charge < -0.3 is 5.32 Å². The molecule has 0 radical (unpaired) electrons. The number of nitrogens with one attached hydrogen (secondary N) is 2. The number of benzene rings is 3. The second-order valence-electron chi connectivity index (χ2n) is 8.04. The first-order chi connectivity index (χ1) is 15.9. The minimum atomic E-state index is -3.98. The lowest BCUT2D eigenvalue weighted by Crippen LogP contribution is -2.26. The summed E-state index contributed by atoms with van der Waals surface area (Å²) in [6.45, 7) is 3.35. The van der Waals surface area contributed by atoms with E-state index in [1.165, 1.54) is 36.6 Å². The highest BCUT2D eigenvalue weighted by Gasteiger charge is 2.19. The Bertz CT molecular complexity index is 1220. The molecular weight excluding hydrogens is 441 g/mol. The molecule has 0 unspecified atom stereocenters. The van der Waals surface area contributed by atoms with E-state index in [0.29, 0.717) is 6.54 Å². The molecule has 0 atom stereocenters. The van der Waals surface area contributed by atoms with Crippen LogP contribution in [0, 0.1) is 5.82 Å². The molecule has 172 valence electrons. The molecule has 0 aliphatic carbocycles. The number of anilines is 1. The maximum absolute atomic E-state index is 13.2. The van der Waals surface area contributed by atoms with Crippen LogP contribution in [0.2, 0.25) is 0 Å². The Hall–Kier alpha value is -3.23. The molecule has 1 fully saturated rings. The quantitative estimate of drug-likeness (QED) is 0.522. The summed E-state index contributed by atoms with van der Waals surface area (Å²) in [4.78, 5) is 15.3. The van der Waals surface area contributed by atoms with E-state index in [4.69, 9.17) is 0 Å². The second-order valence-corrected chi connectivity index (χ2v) is 9.72. The van der Waals surface area contributed by atoms with Crippen molar-refractivity contribution < 1.29 is 17.6 Å². The maximum Gasteiger partial charge on any atom is 0.261 e. The molecule has 8 heteroatoms. The van der Waals surface area contributed by atoms with Crippen molar-refractivity contribution in [3.05, 3.63) is 95.3 Å². The minimum absolute atomic E-state index is 0.0880. The fraction of sp³-hybridized carbons (Fsp3) is 0.240. The fourth-order valence-electron chi connectivity index (χ4n) is 3.92. The van der Waals surface area contributed by atoms with Crippen LogP contribution in [0.3, 0.4) is 0 Å². The average Bonchev–Trinajstić information content (AvgIpc) is 3.32. The number of sulfonamides is 1. The first-order valence-corrected chi connectivity index (χ1v) is 12.4. The Morgan fingerprint density at radius 3 is 2.24 bits per heavy atom. The van der Waals surface area contributed by atoms with Gasteiger partial charge in [-0.05, 0) is 73.5 Å². The number of nitrogens with zero attached hydrogens (tertiary/aromatic N) is 1. The van der Waals surface area contributed by atoms with E-state index in [1.807, 2.05) is 18.2 Å². The van der Waals surface area contributed by atoms with Crippen molar-refractivity contribution in [2.75, 3.05) is 17.8 Å². The number of hydrogen-bond acceptors (Lipinski definition) is 4. The zero-order valence-electron chi connectivity index (χ0n) is 18.1. The predicted octanol–water partition coefficient (Wildman–Crippen LogP) is 4.15. The Morgan fingerprint density at radius 1 is 0.879 bits per heavy atom. The van der Waals surface area contributed by atoms with Gasteiger partial charge in [0.2, 0.25) is 0 Å². The van der Waals surface area contributed by atoms with E-state index in [0.717, 1.165) is 37.3 Å². The summed E-state index contributed by atoms with van der Waals surface area (Å²) >= 11 is 0. The molecule has 3 aromatic carbocycles. The van der Waals surface area contributed by atoms with Gasteiger partial charge in [0.05, 0.1) is 16.1 Å². The lowest BCUT2D eigenvalue weighted by molar-refractivity contribution is 0.0951. The lowest BCUT2D eigenvalue weighted by atomic mass is 10.1. The molecule has 1 aliphatic rings. The highest BCUT2D eigenvalue weighted by molar-refractivity contribution is 7.92. The van der Waals surface area contributed by atoms with Gasteiger partial charge in [0.25, 0.3) is 15.9 Å². The van der Waals surface area contributed by atoms with E-state index in [2.05, 4.69) is 21.0 Å². The molecule has 3 aromatic rings. The molecular formula is C25H26FN3O3S. The lowest BCUT2D eigenvalue weighted by Gasteiger charge is -2.18. The number of halogens is 1. The Balaban J connectivity index is 1.47. The monoisotopic (exact) mass is 467 g/mol. The van der Waals surface area contributed by atoms with Gasteiger partial charge in [0.15, 0.2) is 0 Å². The average molecular weight is 468 g/mol. The zero-order valence-corrected chi connectivity index (χ0v) is 18.9. The van der Waals surface area contributed by atoms with Gasteiger partial charge in [-0.3, -0.25) is 14.4 Å². The van der Waals surface area contributed by atoms with Crippen LogP contribution < -0.4 is 10.0 Å². The van der Waals surface area contributed by atoms with Crippen molar-refractivity contribution in [3.63, 3.8) is 0 Å². The SMILES string of the molecule is O=C(NCc1ccccc1CN1CCCC1)c1ccccc1NS(=O)(=O)c1ccc(F)cc1. The molecule has 6 nitrogen and oxygen atoms in total. The zero-order chi connectivity index (χ0) is 23.3. The highest BCUT2D eigenvalue weighted by atomic mass is 32.2. The molecule has 0 bridgehead atoms. The van der Waals surface area contributed by atoms with Crippen LogP contribution in [0.5, 0.6) is 0 Å². The van der Waals surface area contributed by atoms with Crippen molar-refractivity contribution in [2.24, 2.45) is 0 Å². The standard InChI is InChI=1S/C25H26FN3O3S/c26-21-11-13-22(14-12-21)33(31,32)28-24-10-4-3-9-23(24)25(30)27-17-19-7-1-2-8-20(19)18-29-15-5-6-16-29/h1-4,7-14,28H,5-6,15-18H2,(H,27,30). The first-order valence-electron chi connectivity index (χ1n) is 10.9. The Kier molecular flexibility index (Phi) is 7.05. The van der Waals surface area contributed by atoms with Gasteiger partial charge in [-0.2, -0.15) is 0 Å². The summed E-state index contributed by atoms with van der Waals surface area (Å²) in [5.41, 5.74) is 2.57. The number of likely N-dealkylation sites (tertiary alicyclic amines) is 1. The molecule has 1 amide bonds. The normalized spacial score (nSPS) is 14.2. The fourth-order valence-corrected chi connectivity index (χ4v) is 5.00. The van der Waals surface area contributed by atoms with Crippen LogP contribution in [0.4, 0.5) is 10.1 Å². The summed E-state index contributed by atoms with van der Waals surface area (Å²) in [5, 5.41) is 2.91. The summed E-state index contributed by atoms with van der Waals surface area (Å²) in [6.07, 6.45) is 2.42. The molecule has 1 saturated heterocycles. The maximum atomic E-state index is 13.2. The van der Waals surface area contributed by atoms with E-state index < -0.39 is 15.8 Å². The van der Waals surface area contributed by atoms with Gasteiger partial charge in [0, 0.05) is 13.1 Å². The van der Waals surface area contributed by atoms with Crippen LogP contribution in [-0.2, 0) is 23.1 Å². The van der Waals surface area contributed by atoms with E-state index in [9.17, 15) is 17.6 Å². The van der Waals surface area contributed by atoms with Crippen molar-refractivity contribution in [3.8, 4) is 0 Å². The largest absolute Gasteiger partial charge is 0.348 e. The molecule has 33 heavy (non-hydrogen) atoms. The predicted molar refractivity (Wildman–Crippen MR) is 126 cm³/mol. The van der Waals surface area contributed by atoms with Crippen LogP contribution >= 0.6 is 0 Å². The van der Waals surface area contributed by atoms with Crippen molar-refractivity contribution in [1.29, 1.82) is 0 Å². The number of carbonyl (C=O) groups excluding carboxylic acids is 1. The minimum Gasteiger partial charge on any atom is -0.348 e. The summed E-state index contributed by atoms with van der Waals surface area (Å²) < 4.78 is 41.0. The molecule has 1 aliphatic heterocycles. The third-order valence-corrected chi connectivity index (χ3v) is 7.07. The van der Waals surface area contributed by atoms with Crippen molar-refractivity contribution in [2.45, 2.75) is 30.8 Å². The second kappa shape index (κ2) is 10.1. The summed E-state index contributed by atoms with van der Waals surface area (Å²) in [5.74, 6) is -0.915. The summed E-state index contributed by atoms with van der Waals surface area (Å²) in [6, 6.07) is 18.9. The van der Waals surface area contributed by atoms with Gasteiger partial charge in [-0.15, -0.1) is 0 Å². The highest BCUT2D eigenvalue weighted by Crippen LogP contribution is 2.21. The van der Waals surface area contributed by atoms with Crippen LogP contribution in [0.15, 0.2) is 77.7 Å². The molecule has 4 rings (SSSR count). The Labute approximate surface area is 193 Å². The first kappa shape index (κ1) is 22.9. The van der Waals surface area contributed by atoms with Gasteiger partial charge >= 0.3 is 0 Å². The Morgan fingerprint density at radius 2 is 1.52 bits per heavy atom. The van der Waals surface area contributed by atoms with Crippen LogP contribution in [0.25, 0.3) is 0 Å². The van der Waals surface area contributed by atoms with Crippen molar-refractivity contribution in [1.82, 2.24) is 10.2 Å². The molecule has 1 heterocycles. The number of hydrogen-bond donors (Lipinski definition) is 2. The smallest absolute Gasteiger partial charge is 0.261 e. The molecule has 0 spiro atoms. The van der Waals surface area contributed by atoms with Crippen LogP contribution in [-0.4, -0.2) is 32.3 Å². The van der Waals surface area contributed by atoms with Gasteiger partial charge in [-0.1, -0.05) is 36.4 Å². The van der Waals surface area contributed by atoms with Gasteiger partial charge in [0.1, 0.15) is 5.82 Å². The third kappa shape index (κ3) is 5.77. The van der Waals surface area contributed by atoms with E-state index >= 15 is 0 Å². The van der Waals surface area contributed by atoms with Gasteiger partial charge in [-0.25, -0.2) is 12.8 Å². The number of rotatable bonds is 8. The molecule has 2 N–H and O–H groups in total. The number of amides is 1. The topological polar surface area (TPSA) is 78.5 Å². The molecule has 0 saturated carbocycles. The van der Waals surface area contributed by atoms with Crippen LogP contribution in [0.1, 0.15) is 34.3 Å². The van der Waals surface area contributed by atoms with Crippen molar-refractivity contribution >= 4 is 21.6 Å². The molecule has 0 aromatic heterocycles. The number of carbonyl (C=O) groups is 1. The van der Waals surface area contributed by atoms with E-state index in [1.54, 1.807) is 18.2 Å². The third-order valence-electron chi connectivity index (χ3n) is 5.69. The van der Waals surface area contributed by atoms with E-state index in [-0.39, 0.29) is 22.1 Å². The number of para-hydroxylation sites is 1. The summed E-state index contributed by atoms with van der Waals surface area (Å²) in [7, 11) is -3.98.